The monoisotopic (exact) mass is 310 g/mol. The number of aliphatic hydroxyl groups is 1. The first-order chi connectivity index (χ1) is 9.86. The number of rotatable bonds is 6. The molecule has 0 heterocycles. The summed E-state index contributed by atoms with van der Waals surface area (Å²) >= 11 is 0. The zero-order chi connectivity index (χ0) is 15.9. The first-order valence-electron chi connectivity index (χ1n) is 6.35. The Morgan fingerprint density at radius 1 is 1.43 bits per heavy atom. The van der Waals surface area contributed by atoms with E-state index in [1.807, 2.05) is 0 Å². The quantitative estimate of drug-likeness (QED) is 0.503. The maximum atomic E-state index is 12.1. The summed E-state index contributed by atoms with van der Waals surface area (Å²) in [6.07, 6.45) is 0.491. The van der Waals surface area contributed by atoms with E-state index in [4.69, 9.17) is 10.8 Å². The van der Waals surface area contributed by atoms with E-state index in [-0.39, 0.29) is 24.5 Å². The van der Waals surface area contributed by atoms with Gasteiger partial charge in [-0.15, -0.1) is 0 Å². The molecule has 0 aliphatic carbocycles. The number of aliphatic hydroxyl groups excluding tert-OH is 1. The van der Waals surface area contributed by atoms with Crippen LogP contribution in [0.15, 0.2) is 23.1 Å². The van der Waals surface area contributed by atoms with Gasteiger partial charge >= 0.3 is 0 Å². The number of hydrogen-bond acceptors (Lipinski definition) is 4. The lowest BCUT2D eigenvalue weighted by atomic mass is 10.1. The van der Waals surface area contributed by atoms with Gasteiger partial charge in [0, 0.05) is 18.5 Å². The molecule has 0 saturated carbocycles. The molecular weight excluding hydrogens is 292 g/mol. The third kappa shape index (κ3) is 5.55. The van der Waals surface area contributed by atoms with Gasteiger partial charge in [0.15, 0.2) is 0 Å². The number of benzene rings is 1. The van der Waals surface area contributed by atoms with Crippen molar-refractivity contribution in [3.05, 3.63) is 29.3 Å². The van der Waals surface area contributed by atoms with Crippen LogP contribution in [0.5, 0.6) is 0 Å². The van der Waals surface area contributed by atoms with Crippen molar-refractivity contribution in [2.75, 3.05) is 13.2 Å². The van der Waals surface area contributed by atoms with Crippen molar-refractivity contribution in [3.8, 4) is 11.8 Å². The number of carbonyl (C=O) groups excluding carboxylic acids is 1. The number of nitrogens with two attached hydrogens (primary N) is 1. The molecule has 0 radical (unpaired) electrons. The molecule has 0 saturated heterocycles. The van der Waals surface area contributed by atoms with Crippen molar-refractivity contribution in [3.63, 3.8) is 0 Å². The molecule has 0 spiro atoms. The molecule has 0 bridgehead atoms. The van der Waals surface area contributed by atoms with Gasteiger partial charge in [0.25, 0.3) is 0 Å². The molecule has 1 aromatic carbocycles. The molecule has 0 aromatic heterocycles. The summed E-state index contributed by atoms with van der Waals surface area (Å²) in [5.74, 6) is 4.79. The van der Waals surface area contributed by atoms with Crippen molar-refractivity contribution < 1.29 is 18.3 Å². The molecule has 4 N–H and O–H groups in total. The molecule has 1 amide bonds. The van der Waals surface area contributed by atoms with Crippen LogP contribution >= 0.6 is 0 Å². The van der Waals surface area contributed by atoms with E-state index in [2.05, 4.69) is 16.6 Å². The third-order valence-electron chi connectivity index (χ3n) is 2.70. The SMILES string of the molecule is Cc1cc(S(=O)(=O)NCCCC(N)=O)ccc1C#CCO. The fourth-order valence-corrected chi connectivity index (χ4v) is 2.79. The second-order valence-electron chi connectivity index (χ2n) is 4.40. The molecule has 0 aliphatic rings. The van der Waals surface area contributed by atoms with Crippen molar-refractivity contribution in [1.82, 2.24) is 4.72 Å². The van der Waals surface area contributed by atoms with E-state index in [0.717, 1.165) is 0 Å². The molecule has 1 rings (SSSR count). The number of sulfonamides is 1. The third-order valence-corrected chi connectivity index (χ3v) is 4.16. The van der Waals surface area contributed by atoms with Gasteiger partial charge in [-0.1, -0.05) is 11.8 Å². The molecule has 0 aliphatic heterocycles. The van der Waals surface area contributed by atoms with Gasteiger partial charge in [-0.2, -0.15) is 0 Å². The number of carbonyl (C=O) groups is 1. The van der Waals surface area contributed by atoms with Crippen LogP contribution in [-0.2, 0) is 14.8 Å². The van der Waals surface area contributed by atoms with Gasteiger partial charge in [0.1, 0.15) is 6.61 Å². The fourth-order valence-electron chi connectivity index (χ4n) is 1.63. The van der Waals surface area contributed by atoms with Gasteiger partial charge in [-0.3, -0.25) is 4.79 Å². The Morgan fingerprint density at radius 3 is 2.71 bits per heavy atom. The molecule has 21 heavy (non-hydrogen) atoms. The Balaban J connectivity index is 2.79. The number of primary amides is 1. The summed E-state index contributed by atoms with van der Waals surface area (Å²) in [7, 11) is -3.62. The minimum atomic E-state index is -3.62. The number of amides is 1. The van der Waals surface area contributed by atoms with Gasteiger partial charge in [-0.25, -0.2) is 13.1 Å². The molecule has 0 unspecified atom stereocenters. The summed E-state index contributed by atoms with van der Waals surface area (Å²) in [4.78, 5) is 10.7. The van der Waals surface area contributed by atoms with Gasteiger partial charge < -0.3 is 10.8 Å². The van der Waals surface area contributed by atoms with Crippen molar-refractivity contribution >= 4 is 15.9 Å². The predicted molar refractivity (Wildman–Crippen MR) is 78.8 cm³/mol. The Kier molecular flexibility index (Phi) is 6.37. The topological polar surface area (TPSA) is 109 Å². The summed E-state index contributed by atoms with van der Waals surface area (Å²) < 4.78 is 26.5. The lowest BCUT2D eigenvalue weighted by Crippen LogP contribution is -2.26. The van der Waals surface area contributed by atoms with Crippen LogP contribution in [0.1, 0.15) is 24.0 Å². The molecule has 6 nitrogen and oxygen atoms in total. The average molecular weight is 310 g/mol. The average Bonchev–Trinajstić information content (AvgIpc) is 2.42. The maximum Gasteiger partial charge on any atom is 0.240 e. The smallest absolute Gasteiger partial charge is 0.240 e. The Labute approximate surface area is 124 Å². The first-order valence-corrected chi connectivity index (χ1v) is 7.83. The van der Waals surface area contributed by atoms with Crippen LogP contribution in [0, 0.1) is 18.8 Å². The van der Waals surface area contributed by atoms with E-state index in [0.29, 0.717) is 17.5 Å². The minimum Gasteiger partial charge on any atom is -0.384 e. The van der Waals surface area contributed by atoms with E-state index in [1.54, 1.807) is 13.0 Å². The number of aryl methyl sites for hydroxylation is 1. The molecule has 114 valence electrons. The van der Waals surface area contributed by atoms with E-state index in [9.17, 15) is 13.2 Å². The highest BCUT2D eigenvalue weighted by atomic mass is 32.2. The first kappa shape index (κ1) is 17.2. The standard InChI is InChI=1S/C14H18N2O4S/c1-11-10-13(7-6-12(11)4-3-9-17)21(19,20)16-8-2-5-14(15)18/h6-7,10,16-17H,2,5,8-9H2,1H3,(H2,15,18). The van der Waals surface area contributed by atoms with Crippen molar-refractivity contribution in [1.29, 1.82) is 0 Å². The van der Waals surface area contributed by atoms with Crippen LogP contribution < -0.4 is 10.5 Å². The molecular formula is C14H18N2O4S. The lowest BCUT2D eigenvalue weighted by Gasteiger charge is -2.08. The van der Waals surface area contributed by atoms with Crippen molar-refractivity contribution in [2.45, 2.75) is 24.7 Å². The highest BCUT2D eigenvalue weighted by Crippen LogP contribution is 2.14. The zero-order valence-electron chi connectivity index (χ0n) is 11.7. The number of hydrogen-bond donors (Lipinski definition) is 3. The minimum absolute atomic E-state index is 0.133. The van der Waals surface area contributed by atoms with Gasteiger partial charge in [-0.05, 0) is 37.1 Å². The zero-order valence-corrected chi connectivity index (χ0v) is 12.5. The van der Waals surface area contributed by atoms with Crippen LogP contribution in [0.2, 0.25) is 0 Å². The van der Waals surface area contributed by atoms with Crippen LogP contribution in [0.25, 0.3) is 0 Å². The predicted octanol–water partition coefficient (Wildman–Crippen LogP) is -0.117. The Hall–Kier alpha value is -1.88. The molecule has 0 fully saturated rings. The fraction of sp³-hybridized carbons (Fsp3) is 0.357. The maximum absolute atomic E-state index is 12.1. The normalized spacial score (nSPS) is 10.8. The lowest BCUT2D eigenvalue weighted by molar-refractivity contribution is -0.118. The van der Waals surface area contributed by atoms with Crippen LogP contribution in [0.4, 0.5) is 0 Å². The van der Waals surface area contributed by atoms with Crippen molar-refractivity contribution in [2.24, 2.45) is 5.73 Å². The molecule has 7 heteroatoms. The Bertz CT molecular complexity index is 672. The summed E-state index contributed by atoms with van der Waals surface area (Å²) in [5, 5.41) is 8.65. The molecule has 1 aromatic rings. The van der Waals surface area contributed by atoms with Gasteiger partial charge in [0.05, 0.1) is 4.90 Å². The summed E-state index contributed by atoms with van der Waals surface area (Å²) in [5.41, 5.74) is 6.35. The van der Waals surface area contributed by atoms with Crippen LogP contribution in [-0.4, -0.2) is 32.6 Å². The largest absolute Gasteiger partial charge is 0.384 e. The second-order valence-corrected chi connectivity index (χ2v) is 6.17. The second kappa shape index (κ2) is 7.78. The van der Waals surface area contributed by atoms with Crippen LogP contribution in [0.3, 0.4) is 0 Å². The number of nitrogens with one attached hydrogen (secondary N) is 1. The van der Waals surface area contributed by atoms with Gasteiger partial charge in [0.2, 0.25) is 15.9 Å². The highest BCUT2D eigenvalue weighted by molar-refractivity contribution is 7.89. The molecule has 0 atom stereocenters. The summed E-state index contributed by atoms with van der Waals surface area (Å²) in [6.45, 7) is 1.64. The Morgan fingerprint density at radius 2 is 2.14 bits per heavy atom. The van der Waals surface area contributed by atoms with E-state index in [1.165, 1.54) is 12.1 Å². The highest BCUT2D eigenvalue weighted by Gasteiger charge is 2.14. The van der Waals surface area contributed by atoms with E-state index >= 15 is 0 Å². The van der Waals surface area contributed by atoms with E-state index < -0.39 is 15.9 Å². The summed E-state index contributed by atoms with van der Waals surface area (Å²) in [6, 6.07) is 4.55.